The molecule has 0 saturated heterocycles. The molecule has 0 bridgehead atoms. The molecule has 1 nitrogen and oxygen atoms in total. The van der Waals surface area contributed by atoms with Gasteiger partial charge in [0.2, 0.25) is 0 Å². The first kappa shape index (κ1) is 14.2. The molecule has 0 aliphatic rings. The number of fused-ring (bicyclic) bond motifs is 1. The van der Waals surface area contributed by atoms with Gasteiger partial charge in [-0.1, -0.05) is 66.7 Å². The smallest absolute Gasteiger partial charge is 0.0949 e. The van der Waals surface area contributed by atoms with Crippen molar-refractivity contribution in [1.82, 2.24) is 0 Å². The number of hydrogen-bond acceptors (Lipinski definition) is 2. The fourth-order valence-electron chi connectivity index (χ4n) is 2.66. The van der Waals surface area contributed by atoms with E-state index in [1.807, 2.05) is 42.7 Å². The summed E-state index contributed by atoms with van der Waals surface area (Å²) in [7, 11) is 0. The average Bonchev–Trinajstić information content (AvgIpc) is 2.56. The Morgan fingerprint density at radius 2 is 1.43 bits per heavy atom. The lowest BCUT2D eigenvalue weighted by Gasteiger charge is -2.22. The Hall–Kier alpha value is -1.77. The van der Waals surface area contributed by atoms with Gasteiger partial charge >= 0.3 is 0 Å². The maximum atomic E-state index is 10.8. The Morgan fingerprint density at radius 3 is 2.14 bits per heavy atom. The van der Waals surface area contributed by atoms with Crippen LogP contribution in [0.2, 0.25) is 0 Å². The first-order valence-corrected chi connectivity index (χ1v) is 8.33. The molecule has 0 aliphatic heterocycles. The highest BCUT2D eigenvalue weighted by Crippen LogP contribution is 2.39. The molecule has 2 heteroatoms. The Labute approximate surface area is 129 Å². The lowest BCUT2D eigenvalue weighted by atomic mass is 9.98. The van der Waals surface area contributed by atoms with Gasteiger partial charge in [0.25, 0.3) is 0 Å². The molecular weight excluding hydrogens is 276 g/mol. The molecule has 0 spiro atoms. The summed E-state index contributed by atoms with van der Waals surface area (Å²) < 4.78 is 0. The van der Waals surface area contributed by atoms with Gasteiger partial charge in [0.1, 0.15) is 0 Å². The maximum absolute atomic E-state index is 10.8. The van der Waals surface area contributed by atoms with Gasteiger partial charge in [0.15, 0.2) is 0 Å². The highest BCUT2D eigenvalue weighted by Gasteiger charge is 2.21. The molecule has 3 aromatic rings. The normalized spacial score (nSPS) is 14.0. The molecule has 1 N–H and O–H groups in total. The van der Waals surface area contributed by atoms with Crippen molar-refractivity contribution in [3.63, 3.8) is 0 Å². The Kier molecular flexibility index (Phi) is 4.28. The van der Waals surface area contributed by atoms with Crippen LogP contribution in [-0.4, -0.2) is 11.4 Å². The Morgan fingerprint density at radius 1 is 0.762 bits per heavy atom. The molecule has 0 saturated carbocycles. The standard InChI is InChI=1S/C19H18OS/c1-21-19(15-8-3-2-4-9-15)18(20)17-12-11-14-7-5-6-10-16(14)13-17/h2-13,18-20H,1H3/t18-,19+/m1/s1. The summed E-state index contributed by atoms with van der Waals surface area (Å²) in [6, 6.07) is 24.6. The van der Waals surface area contributed by atoms with E-state index in [1.54, 1.807) is 11.8 Å². The lowest BCUT2D eigenvalue weighted by molar-refractivity contribution is 0.175. The molecule has 0 fully saturated rings. The number of hydrogen-bond donors (Lipinski definition) is 1. The predicted octanol–water partition coefficient (Wildman–Crippen LogP) is 4.98. The molecular formula is C19H18OS. The number of benzene rings is 3. The van der Waals surface area contributed by atoms with E-state index >= 15 is 0 Å². The summed E-state index contributed by atoms with van der Waals surface area (Å²) in [5, 5.41) is 13.2. The van der Waals surface area contributed by atoms with Gasteiger partial charge in [0.05, 0.1) is 11.4 Å². The van der Waals surface area contributed by atoms with E-state index in [9.17, 15) is 5.11 Å². The van der Waals surface area contributed by atoms with E-state index in [4.69, 9.17) is 0 Å². The summed E-state index contributed by atoms with van der Waals surface area (Å²) in [5.74, 6) is 0. The van der Waals surface area contributed by atoms with Crippen LogP contribution in [0.1, 0.15) is 22.5 Å². The van der Waals surface area contributed by atoms with Crippen LogP contribution in [0.4, 0.5) is 0 Å². The van der Waals surface area contributed by atoms with Gasteiger partial charge in [-0.25, -0.2) is 0 Å². The summed E-state index contributed by atoms with van der Waals surface area (Å²) >= 11 is 1.68. The zero-order valence-corrected chi connectivity index (χ0v) is 12.8. The molecule has 0 heterocycles. The van der Waals surface area contributed by atoms with E-state index in [0.29, 0.717) is 0 Å². The van der Waals surface area contributed by atoms with Gasteiger partial charge in [-0.15, -0.1) is 0 Å². The van der Waals surface area contributed by atoms with Crippen molar-refractivity contribution in [2.24, 2.45) is 0 Å². The SMILES string of the molecule is CS[C@@H](c1ccccc1)[C@H](O)c1ccc2ccccc2c1. The molecule has 0 radical (unpaired) electrons. The van der Waals surface area contributed by atoms with Crippen LogP contribution in [0, 0.1) is 0 Å². The monoisotopic (exact) mass is 294 g/mol. The highest BCUT2D eigenvalue weighted by atomic mass is 32.2. The molecule has 0 amide bonds. The van der Waals surface area contributed by atoms with Crippen molar-refractivity contribution in [3.8, 4) is 0 Å². The predicted molar refractivity (Wildman–Crippen MR) is 91.6 cm³/mol. The molecule has 0 unspecified atom stereocenters. The zero-order valence-electron chi connectivity index (χ0n) is 11.9. The van der Waals surface area contributed by atoms with Crippen molar-refractivity contribution in [2.45, 2.75) is 11.4 Å². The molecule has 2 atom stereocenters. The number of aliphatic hydroxyl groups is 1. The second-order valence-electron chi connectivity index (χ2n) is 5.12. The quantitative estimate of drug-likeness (QED) is 0.732. The van der Waals surface area contributed by atoms with Crippen molar-refractivity contribution in [3.05, 3.63) is 83.9 Å². The van der Waals surface area contributed by atoms with Crippen molar-refractivity contribution < 1.29 is 5.11 Å². The molecule has 3 aromatic carbocycles. The second-order valence-corrected chi connectivity index (χ2v) is 6.10. The number of rotatable bonds is 4. The maximum Gasteiger partial charge on any atom is 0.0949 e. The number of thioether (sulfide) groups is 1. The number of aliphatic hydroxyl groups excluding tert-OH is 1. The minimum Gasteiger partial charge on any atom is -0.387 e. The minimum atomic E-state index is -0.507. The molecule has 3 rings (SSSR count). The molecule has 0 aromatic heterocycles. The van der Waals surface area contributed by atoms with Crippen molar-refractivity contribution >= 4 is 22.5 Å². The van der Waals surface area contributed by atoms with E-state index in [0.717, 1.165) is 11.1 Å². The first-order valence-electron chi connectivity index (χ1n) is 7.04. The van der Waals surface area contributed by atoms with Gasteiger partial charge in [0, 0.05) is 0 Å². The van der Waals surface area contributed by atoms with E-state index < -0.39 is 6.10 Å². The Balaban J connectivity index is 1.96. The van der Waals surface area contributed by atoms with E-state index in [-0.39, 0.29) is 5.25 Å². The fourth-order valence-corrected chi connectivity index (χ4v) is 3.50. The average molecular weight is 294 g/mol. The third-order valence-electron chi connectivity index (χ3n) is 3.78. The third kappa shape index (κ3) is 2.97. The largest absolute Gasteiger partial charge is 0.387 e. The van der Waals surface area contributed by atoms with Crippen molar-refractivity contribution in [2.75, 3.05) is 6.26 Å². The third-order valence-corrected chi connectivity index (χ3v) is 4.82. The van der Waals surface area contributed by atoms with Crippen LogP contribution >= 0.6 is 11.8 Å². The van der Waals surface area contributed by atoms with Crippen molar-refractivity contribution in [1.29, 1.82) is 0 Å². The van der Waals surface area contributed by atoms with Gasteiger partial charge in [-0.05, 0) is 34.2 Å². The van der Waals surface area contributed by atoms with Crippen LogP contribution in [0.5, 0.6) is 0 Å². The summed E-state index contributed by atoms with van der Waals surface area (Å²) in [5.41, 5.74) is 2.13. The lowest BCUT2D eigenvalue weighted by Crippen LogP contribution is -2.07. The van der Waals surface area contributed by atoms with E-state index in [1.165, 1.54) is 10.8 Å². The molecule has 0 aliphatic carbocycles. The highest BCUT2D eigenvalue weighted by molar-refractivity contribution is 7.98. The summed E-state index contributed by atoms with van der Waals surface area (Å²) in [6.07, 6.45) is 1.54. The topological polar surface area (TPSA) is 20.2 Å². The summed E-state index contributed by atoms with van der Waals surface area (Å²) in [6.45, 7) is 0. The van der Waals surface area contributed by atoms with Gasteiger partial charge in [-0.2, -0.15) is 11.8 Å². The van der Waals surface area contributed by atoms with Crippen LogP contribution < -0.4 is 0 Å². The fraction of sp³-hybridized carbons (Fsp3) is 0.158. The van der Waals surface area contributed by atoms with Gasteiger partial charge < -0.3 is 5.11 Å². The van der Waals surface area contributed by atoms with Crippen LogP contribution in [0.3, 0.4) is 0 Å². The molecule has 106 valence electrons. The van der Waals surface area contributed by atoms with Gasteiger partial charge in [-0.3, -0.25) is 0 Å². The Bertz CT molecular complexity index is 724. The minimum absolute atomic E-state index is 0.0485. The van der Waals surface area contributed by atoms with Crippen LogP contribution in [0.15, 0.2) is 72.8 Å². The zero-order chi connectivity index (χ0) is 14.7. The van der Waals surface area contributed by atoms with Crippen LogP contribution in [-0.2, 0) is 0 Å². The second kappa shape index (κ2) is 6.33. The van der Waals surface area contributed by atoms with Crippen LogP contribution in [0.25, 0.3) is 10.8 Å². The molecule has 21 heavy (non-hydrogen) atoms. The first-order chi connectivity index (χ1) is 10.3. The van der Waals surface area contributed by atoms with E-state index in [2.05, 4.69) is 36.4 Å². The summed E-state index contributed by atoms with van der Waals surface area (Å²) in [4.78, 5) is 0.